The van der Waals surface area contributed by atoms with E-state index in [1.807, 2.05) is 4.72 Å². The van der Waals surface area contributed by atoms with E-state index in [4.69, 9.17) is 10.5 Å². The van der Waals surface area contributed by atoms with Gasteiger partial charge in [0.1, 0.15) is 40.6 Å². The van der Waals surface area contributed by atoms with Crippen molar-refractivity contribution in [1.29, 1.82) is 0 Å². The second-order valence-electron chi connectivity index (χ2n) is 9.34. The predicted molar refractivity (Wildman–Crippen MR) is 144 cm³/mol. The molecular weight excluding hydrogens is 563 g/mol. The number of hydrogen-bond donors (Lipinski definition) is 4. The van der Waals surface area contributed by atoms with Gasteiger partial charge in [0.25, 0.3) is 15.9 Å². The molecule has 0 saturated heterocycles. The molecule has 5 N–H and O–H groups in total. The fourth-order valence-electron chi connectivity index (χ4n) is 4.04. The highest BCUT2D eigenvalue weighted by molar-refractivity contribution is 7.93. The lowest BCUT2D eigenvalue weighted by molar-refractivity contribution is 0.100. The molecule has 4 aromatic rings. The van der Waals surface area contributed by atoms with Crippen molar-refractivity contribution < 1.29 is 31.1 Å². The first-order valence-corrected chi connectivity index (χ1v) is 13.9. The third kappa shape index (κ3) is 6.24. The molecule has 0 unspecified atom stereocenters. The molecule has 0 aliphatic heterocycles. The van der Waals surface area contributed by atoms with Crippen molar-refractivity contribution in [2.24, 2.45) is 5.73 Å². The third-order valence-corrected chi connectivity index (χ3v) is 7.29. The van der Waals surface area contributed by atoms with Crippen LogP contribution in [-0.2, 0) is 10.0 Å². The smallest absolute Gasteiger partial charge is 0.355 e. The van der Waals surface area contributed by atoms with Crippen LogP contribution in [0.2, 0.25) is 0 Å². The van der Waals surface area contributed by atoms with E-state index in [-0.39, 0.29) is 34.1 Å². The minimum absolute atomic E-state index is 0.0449. The first-order chi connectivity index (χ1) is 19.5. The van der Waals surface area contributed by atoms with Crippen LogP contribution in [0.15, 0.2) is 54.9 Å². The van der Waals surface area contributed by atoms with E-state index >= 15 is 0 Å². The maximum atomic E-state index is 13.4. The van der Waals surface area contributed by atoms with Crippen LogP contribution in [0.1, 0.15) is 53.4 Å². The zero-order chi connectivity index (χ0) is 29.3. The van der Waals surface area contributed by atoms with Crippen LogP contribution in [0.3, 0.4) is 0 Å². The number of sulfonamides is 1. The van der Waals surface area contributed by atoms with Gasteiger partial charge in [0.05, 0.1) is 23.8 Å². The largest absolute Gasteiger partial charge is 0.484 e. The lowest BCUT2D eigenvalue weighted by atomic mass is 10.1. The van der Waals surface area contributed by atoms with Crippen molar-refractivity contribution in [3.8, 4) is 17.0 Å². The van der Waals surface area contributed by atoms with Crippen molar-refractivity contribution in [2.45, 2.75) is 37.5 Å². The molecule has 0 bridgehead atoms. The number of ether oxygens (including phenoxy) is 1. The molecule has 5 rings (SSSR count). The Morgan fingerprint density at radius 3 is 2.46 bits per heavy atom. The van der Waals surface area contributed by atoms with Gasteiger partial charge in [0.2, 0.25) is 0 Å². The number of nitrogens with zero attached hydrogens (tertiary/aromatic N) is 3. The number of carbonyl (C=O) groups excluding carboxylic acids is 1. The number of nitrogens with two attached hydrogens (primary N) is 1. The second kappa shape index (κ2) is 11.1. The Hall–Kier alpha value is -4.66. The SMILES string of the molecule is C[C@H](Oc1cc(-c2n[nH]c(Nc3cnc(C4CC4)cn3)c2C(N)=O)ccc1NS(=O)(=O)C(F)F)c1ccc(F)cc1. The van der Waals surface area contributed by atoms with E-state index in [1.165, 1.54) is 48.7 Å². The Bertz CT molecular complexity index is 1680. The summed E-state index contributed by atoms with van der Waals surface area (Å²) in [7, 11) is -5.05. The average molecular weight is 588 g/mol. The van der Waals surface area contributed by atoms with Gasteiger partial charge in [-0.15, -0.1) is 0 Å². The molecule has 1 fully saturated rings. The summed E-state index contributed by atoms with van der Waals surface area (Å²) in [5, 5.41) is 9.81. The van der Waals surface area contributed by atoms with Gasteiger partial charge in [0.15, 0.2) is 0 Å². The predicted octanol–water partition coefficient (Wildman–Crippen LogP) is 4.83. The van der Waals surface area contributed by atoms with E-state index in [9.17, 15) is 26.4 Å². The summed E-state index contributed by atoms with van der Waals surface area (Å²) >= 11 is 0. The fourth-order valence-corrected chi connectivity index (χ4v) is 4.61. The number of amides is 1. The molecule has 2 aromatic carbocycles. The normalized spacial score (nSPS) is 14.1. The summed E-state index contributed by atoms with van der Waals surface area (Å²) in [5.74, 6) is -4.30. The number of aromatic nitrogens is 4. The molecule has 2 heterocycles. The second-order valence-corrected chi connectivity index (χ2v) is 11.0. The lowest BCUT2D eigenvalue weighted by Crippen LogP contribution is -2.21. The summed E-state index contributed by atoms with van der Waals surface area (Å²) in [6.07, 6.45) is 4.53. The van der Waals surface area contributed by atoms with E-state index in [0.717, 1.165) is 18.5 Å². The van der Waals surface area contributed by atoms with Crippen molar-refractivity contribution >= 4 is 33.3 Å². The van der Waals surface area contributed by atoms with Gasteiger partial charge in [0, 0.05) is 11.5 Å². The Balaban J connectivity index is 1.49. The molecule has 1 aliphatic rings. The molecule has 0 spiro atoms. The maximum absolute atomic E-state index is 13.4. The number of benzene rings is 2. The Morgan fingerprint density at radius 2 is 1.85 bits per heavy atom. The van der Waals surface area contributed by atoms with Gasteiger partial charge in [-0.1, -0.05) is 18.2 Å². The summed E-state index contributed by atoms with van der Waals surface area (Å²) in [6, 6.07) is 9.22. The first-order valence-electron chi connectivity index (χ1n) is 12.3. The summed E-state index contributed by atoms with van der Waals surface area (Å²) in [4.78, 5) is 21.2. The molecule has 11 nitrogen and oxygen atoms in total. The maximum Gasteiger partial charge on any atom is 0.355 e. The van der Waals surface area contributed by atoms with Crippen molar-refractivity contribution in [2.75, 3.05) is 10.0 Å². The van der Waals surface area contributed by atoms with Gasteiger partial charge >= 0.3 is 5.76 Å². The van der Waals surface area contributed by atoms with Crippen LogP contribution in [0, 0.1) is 5.82 Å². The minimum Gasteiger partial charge on any atom is -0.484 e. The van der Waals surface area contributed by atoms with Crippen LogP contribution in [0.4, 0.5) is 30.5 Å². The van der Waals surface area contributed by atoms with Gasteiger partial charge < -0.3 is 15.8 Å². The van der Waals surface area contributed by atoms with Gasteiger partial charge in [-0.2, -0.15) is 13.9 Å². The zero-order valence-electron chi connectivity index (χ0n) is 21.4. The fraction of sp³-hybridized carbons (Fsp3) is 0.231. The van der Waals surface area contributed by atoms with E-state index in [2.05, 4.69) is 25.5 Å². The van der Waals surface area contributed by atoms with Gasteiger partial charge in [-0.05, 0) is 49.6 Å². The molecular formula is C26H24F3N7O4S. The molecule has 1 atom stereocenters. The molecule has 214 valence electrons. The zero-order valence-corrected chi connectivity index (χ0v) is 22.3. The summed E-state index contributed by atoms with van der Waals surface area (Å²) < 4.78 is 71.2. The molecule has 2 aromatic heterocycles. The highest BCUT2D eigenvalue weighted by Crippen LogP contribution is 2.39. The number of hydrogen-bond acceptors (Lipinski definition) is 8. The number of rotatable bonds is 11. The topological polar surface area (TPSA) is 165 Å². The van der Waals surface area contributed by atoms with Crippen LogP contribution >= 0.6 is 0 Å². The Morgan fingerprint density at radius 1 is 1.12 bits per heavy atom. The molecule has 0 radical (unpaired) electrons. The van der Waals surface area contributed by atoms with E-state index < -0.39 is 33.6 Å². The lowest BCUT2D eigenvalue weighted by Gasteiger charge is -2.19. The molecule has 41 heavy (non-hydrogen) atoms. The Labute approximate surface area is 232 Å². The quantitative estimate of drug-likeness (QED) is 0.194. The van der Waals surface area contributed by atoms with Gasteiger partial charge in [-0.25, -0.2) is 17.8 Å². The standard InChI is InChI=1S/C26H24F3N7O4S/c1-13(14-4-7-17(27)8-5-14)40-20-10-16(6-9-18(20)36-41(38,39)26(28)29)23-22(24(30)37)25(35-34-23)33-21-12-31-19(11-32-21)15-2-3-15/h4-13,15,26,36H,2-3H2,1H3,(H2,30,37)(H2,32,33,34,35)/t13-/m0/s1. The molecule has 1 aliphatic carbocycles. The van der Waals surface area contributed by atoms with Crippen molar-refractivity contribution in [3.05, 3.63) is 77.5 Å². The molecule has 1 saturated carbocycles. The number of nitrogens with one attached hydrogen (secondary N) is 3. The van der Waals surface area contributed by atoms with E-state index in [0.29, 0.717) is 17.3 Å². The number of alkyl halides is 2. The Kier molecular flexibility index (Phi) is 7.53. The molecule has 1 amide bonds. The summed E-state index contributed by atoms with van der Waals surface area (Å²) in [5.41, 5.74) is 7.06. The van der Waals surface area contributed by atoms with Crippen molar-refractivity contribution in [3.63, 3.8) is 0 Å². The average Bonchev–Trinajstić information content (AvgIpc) is 3.70. The van der Waals surface area contributed by atoms with Crippen LogP contribution < -0.4 is 20.5 Å². The van der Waals surface area contributed by atoms with Crippen LogP contribution in [0.25, 0.3) is 11.3 Å². The number of H-pyrrole nitrogens is 1. The highest BCUT2D eigenvalue weighted by Gasteiger charge is 2.28. The summed E-state index contributed by atoms with van der Waals surface area (Å²) in [6.45, 7) is 1.60. The highest BCUT2D eigenvalue weighted by atomic mass is 32.2. The van der Waals surface area contributed by atoms with Gasteiger partial charge in [-0.3, -0.25) is 19.6 Å². The monoisotopic (exact) mass is 587 g/mol. The number of anilines is 3. The first kappa shape index (κ1) is 27.9. The van der Waals surface area contributed by atoms with Crippen LogP contribution in [-0.4, -0.2) is 40.2 Å². The van der Waals surface area contributed by atoms with Crippen LogP contribution in [0.5, 0.6) is 5.75 Å². The number of halogens is 3. The number of carbonyl (C=O) groups is 1. The minimum atomic E-state index is -5.05. The van der Waals surface area contributed by atoms with Crippen molar-refractivity contribution in [1.82, 2.24) is 20.2 Å². The number of primary amides is 1. The third-order valence-electron chi connectivity index (χ3n) is 6.32. The number of aromatic amines is 1. The van der Waals surface area contributed by atoms with E-state index in [1.54, 1.807) is 13.1 Å². The molecule has 15 heteroatoms.